The highest BCUT2D eigenvalue weighted by atomic mass is 19.1. The van der Waals surface area contributed by atoms with E-state index in [-0.39, 0.29) is 24.3 Å². The molecule has 1 amide bonds. The molecule has 2 heterocycles. The highest BCUT2D eigenvalue weighted by molar-refractivity contribution is 6.04. The van der Waals surface area contributed by atoms with Gasteiger partial charge in [0, 0.05) is 24.4 Å². The van der Waals surface area contributed by atoms with Crippen molar-refractivity contribution in [3.63, 3.8) is 0 Å². The van der Waals surface area contributed by atoms with E-state index >= 15 is 0 Å². The Balaban J connectivity index is 1.72. The lowest BCUT2D eigenvalue weighted by Gasteiger charge is -2.59. The highest BCUT2D eigenvalue weighted by Gasteiger charge is 2.64. The van der Waals surface area contributed by atoms with Gasteiger partial charge in [-0.3, -0.25) is 14.4 Å². The topological polar surface area (TPSA) is 109 Å². The number of hydrogen-bond donors (Lipinski definition) is 3. The van der Waals surface area contributed by atoms with Crippen molar-refractivity contribution in [1.29, 1.82) is 0 Å². The number of benzene rings is 1. The number of aromatic hydroxyl groups is 1. The molecular formula is C24H26F2N2O5. The van der Waals surface area contributed by atoms with Crippen molar-refractivity contribution in [2.75, 3.05) is 0 Å². The maximum absolute atomic E-state index is 13.9. The van der Waals surface area contributed by atoms with Gasteiger partial charge in [0.1, 0.15) is 28.5 Å². The molecule has 0 spiro atoms. The molecule has 0 saturated heterocycles. The Bertz CT molecular complexity index is 1240. The van der Waals surface area contributed by atoms with Gasteiger partial charge in [-0.1, -0.05) is 26.3 Å². The van der Waals surface area contributed by atoms with E-state index in [1.807, 2.05) is 13.8 Å². The van der Waals surface area contributed by atoms with Crippen molar-refractivity contribution in [3.8, 4) is 5.75 Å². The Morgan fingerprint density at radius 1 is 1.18 bits per heavy atom. The Kier molecular flexibility index (Phi) is 5.24. The first-order chi connectivity index (χ1) is 15.3. The van der Waals surface area contributed by atoms with E-state index in [1.165, 1.54) is 10.6 Å². The summed E-state index contributed by atoms with van der Waals surface area (Å²) in [5.41, 5.74) is -4.99. The summed E-state index contributed by atoms with van der Waals surface area (Å²) in [6.07, 6.45) is 2.95. The molecule has 0 bridgehead atoms. The van der Waals surface area contributed by atoms with Gasteiger partial charge in [0.15, 0.2) is 11.5 Å². The number of Topliss-reactive ketones (excluding diaryl/α,β-unsaturated/α-hetero) is 1. The van der Waals surface area contributed by atoms with Crippen LogP contribution < -0.4 is 10.7 Å². The Morgan fingerprint density at radius 2 is 1.88 bits per heavy atom. The van der Waals surface area contributed by atoms with Crippen molar-refractivity contribution >= 4 is 11.7 Å². The van der Waals surface area contributed by atoms with E-state index in [2.05, 4.69) is 5.32 Å². The summed E-state index contributed by atoms with van der Waals surface area (Å²) in [7, 11) is 0. The quantitative estimate of drug-likeness (QED) is 0.653. The zero-order valence-corrected chi connectivity index (χ0v) is 18.7. The summed E-state index contributed by atoms with van der Waals surface area (Å²) in [5, 5.41) is 24.7. The van der Waals surface area contributed by atoms with Gasteiger partial charge in [-0.2, -0.15) is 0 Å². The second kappa shape index (κ2) is 7.48. The number of nitrogens with one attached hydrogen (secondary N) is 1. The van der Waals surface area contributed by atoms with E-state index in [1.54, 1.807) is 6.92 Å². The molecule has 2 aliphatic rings. The molecule has 33 heavy (non-hydrogen) atoms. The van der Waals surface area contributed by atoms with Crippen LogP contribution in [0.1, 0.15) is 66.4 Å². The fourth-order valence-electron chi connectivity index (χ4n) is 5.35. The number of halogens is 2. The summed E-state index contributed by atoms with van der Waals surface area (Å²) in [6.45, 7) is 4.99. The van der Waals surface area contributed by atoms with Crippen LogP contribution in [0.5, 0.6) is 5.75 Å². The van der Waals surface area contributed by atoms with Crippen molar-refractivity contribution in [1.82, 2.24) is 9.88 Å². The first kappa shape index (κ1) is 23.1. The largest absolute Gasteiger partial charge is 0.503 e. The van der Waals surface area contributed by atoms with Gasteiger partial charge in [-0.25, -0.2) is 8.78 Å². The predicted octanol–water partition coefficient (Wildman–Crippen LogP) is 2.91. The van der Waals surface area contributed by atoms with Gasteiger partial charge in [0.05, 0.1) is 12.0 Å². The Morgan fingerprint density at radius 3 is 2.55 bits per heavy atom. The second-order valence-corrected chi connectivity index (χ2v) is 9.87. The monoisotopic (exact) mass is 460 g/mol. The van der Waals surface area contributed by atoms with Crippen LogP contribution in [-0.4, -0.2) is 32.1 Å². The first-order valence-corrected chi connectivity index (χ1v) is 10.8. The third kappa shape index (κ3) is 3.28. The normalized spacial score (nSPS) is 25.8. The zero-order valence-electron chi connectivity index (χ0n) is 18.7. The zero-order chi connectivity index (χ0) is 24.3. The molecule has 2 aromatic rings. The lowest BCUT2D eigenvalue weighted by atomic mass is 9.50. The van der Waals surface area contributed by atoms with Crippen LogP contribution in [0.2, 0.25) is 0 Å². The number of aliphatic hydroxyl groups is 1. The summed E-state index contributed by atoms with van der Waals surface area (Å²) in [6, 6.07) is 2.89. The summed E-state index contributed by atoms with van der Waals surface area (Å²) < 4.78 is 28.2. The highest BCUT2D eigenvalue weighted by Crippen LogP contribution is 2.58. The van der Waals surface area contributed by atoms with Gasteiger partial charge >= 0.3 is 0 Å². The number of carbonyl (C=O) groups is 2. The molecule has 2 unspecified atom stereocenters. The molecular weight excluding hydrogens is 434 g/mol. The second-order valence-electron chi connectivity index (χ2n) is 9.87. The SMILES string of the molecule is CC1(C)CCCC2(C)C(=O)c3c(O)c(=O)c(C(=O)NCc4ccc(F)cc4F)cn3CC12O. The molecule has 176 valence electrons. The molecule has 1 aliphatic carbocycles. The van der Waals surface area contributed by atoms with Crippen LogP contribution in [0.25, 0.3) is 0 Å². The van der Waals surface area contributed by atoms with Gasteiger partial charge in [-0.15, -0.1) is 0 Å². The van der Waals surface area contributed by atoms with Gasteiger partial charge in [0.2, 0.25) is 5.43 Å². The number of fused-ring (bicyclic) bond motifs is 2. The number of amides is 1. The third-order valence-corrected chi connectivity index (χ3v) is 7.58. The van der Waals surface area contributed by atoms with Crippen molar-refractivity contribution in [3.05, 3.63) is 63.1 Å². The van der Waals surface area contributed by atoms with Crippen molar-refractivity contribution < 1.29 is 28.6 Å². The molecule has 1 fully saturated rings. The number of rotatable bonds is 3. The minimum atomic E-state index is -1.46. The fraction of sp³-hybridized carbons (Fsp3) is 0.458. The van der Waals surface area contributed by atoms with E-state index < -0.39 is 56.5 Å². The lowest BCUT2D eigenvalue weighted by Crippen LogP contribution is -2.67. The standard InChI is InChI=1S/C24H26F2N2O5/c1-22(2)7-4-8-23(3)20(31)17-19(30)18(29)15(11-28(17)12-24(22,23)33)21(32)27-10-13-5-6-14(25)9-16(13)26/h5-6,9,11,30,33H,4,7-8,10,12H2,1-3H3,(H,27,32). The molecule has 7 nitrogen and oxygen atoms in total. The van der Waals surface area contributed by atoms with Crippen LogP contribution >= 0.6 is 0 Å². The predicted molar refractivity (Wildman–Crippen MR) is 115 cm³/mol. The average Bonchev–Trinajstić information content (AvgIpc) is 2.73. The van der Waals surface area contributed by atoms with E-state index in [9.17, 15) is 33.4 Å². The maximum Gasteiger partial charge on any atom is 0.257 e. The Hall–Kier alpha value is -3.07. The molecule has 1 aliphatic heterocycles. The minimum Gasteiger partial charge on any atom is -0.503 e. The molecule has 2 atom stereocenters. The Labute approximate surface area is 189 Å². The van der Waals surface area contributed by atoms with E-state index in [0.29, 0.717) is 25.3 Å². The van der Waals surface area contributed by atoms with Crippen LogP contribution in [0.3, 0.4) is 0 Å². The number of carbonyl (C=O) groups excluding carboxylic acids is 2. The molecule has 3 N–H and O–H groups in total. The number of hydrogen-bond acceptors (Lipinski definition) is 5. The summed E-state index contributed by atoms with van der Waals surface area (Å²) in [5.74, 6) is -3.91. The number of aromatic nitrogens is 1. The van der Waals surface area contributed by atoms with Crippen molar-refractivity contribution in [2.24, 2.45) is 10.8 Å². The molecule has 0 radical (unpaired) electrons. The third-order valence-electron chi connectivity index (χ3n) is 7.58. The van der Waals surface area contributed by atoms with Crippen molar-refractivity contribution in [2.45, 2.75) is 58.7 Å². The average molecular weight is 460 g/mol. The molecule has 9 heteroatoms. The van der Waals surface area contributed by atoms with Gasteiger partial charge in [0.25, 0.3) is 5.91 Å². The maximum atomic E-state index is 13.9. The van der Waals surface area contributed by atoms with E-state index in [0.717, 1.165) is 12.3 Å². The number of ketones is 1. The van der Waals surface area contributed by atoms with Gasteiger partial charge < -0.3 is 20.1 Å². The smallest absolute Gasteiger partial charge is 0.257 e. The minimum absolute atomic E-state index is 0.0104. The molecule has 4 rings (SSSR count). The van der Waals surface area contributed by atoms with E-state index in [4.69, 9.17) is 0 Å². The lowest BCUT2D eigenvalue weighted by molar-refractivity contribution is -0.179. The van der Waals surface area contributed by atoms with Crippen LogP contribution in [0.15, 0.2) is 29.2 Å². The number of nitrogens with zero attached hydrogens (tertiary/aromatic N) is 1. The summed E-state index contributed by atoms with van der Waals surface area (Å²) in [4.78, 5) is 38.9. The molecule has 1 aromatic carbocycles. The van der Waals surface area contributed by atoms with Crippen LogP contribution in [0, 0.1) is 22.5 Å². The fourth-order valence-corrected chi connectivity index (χ4v) is 5.35. The van der Waals surface area contributed by atoms with Crippen LogP contribution in [0.4, 0.5) is 8.78 Å². The van der Waals surface area contributed by atoms with Crippen LogP contribution in [-0.2, 0) is 13.1 Å². The number of pyridine rings is 1. The molecule has 1 saturated carbocycles. The first-order valence-electron chi connectivity index (χ1n) is 10.8. The van der Waals surface area contributed by atoms with Gasteiger partial charge in [-0.05, 0) is 31.2 Å². The summed E-state index contributed by atoms with van der Waals surface area (Å²) >= 11 is 0. The molecule has 1 aromatic heterocycles.